The maximum Gasteiger partial charge on any atom is 0.420 e. The predicted octanol–water partition coefficient (Wildman–Crippen LogP) is 3.85. The summed E-state index contributed by atoms with van der Waals surface area (Å²) in [6, 6.07) is 3.52. The average molecular weight is 482 g/mol. The van der Waals surface area contributed by atoms with E-state index in [4.69, 9.17) is 9.47 Å². The quantitative estimate of drug-likeness (QED) is 0.445. The Balaban J connectivity index is 1.57. The van der Waals surface area contributed by atoms with Crippen molar-refractivity contribution in [1.29, 1.82) is 0 Å². The van der Waals surface area contributed by atoms with Crippen molar-refractivity contribution in [1.82, 2.24) is 9.88 Å². The normalized spacial score (nSPS) is 17.6. The highest BCUT2D eigenvalue weighted by Gasteiger charge is 2.39. The van der Waals surface area contributed by atoms with Crippen LogP contribution in [-0.4, -0.2) is 61.3 Å². The van der Waals surface area contributed by atoms with Gasteiger partial charge in [-0.1, -0.05) is 0 Å². The number of alkyl halides is 3. The fourth-order valence-electron chi connectivity index (χ4n) is 3.89. The zero-order chi connectivity index (χ0) is 24.5. The number of anilines is 2. The standard InChI is InChI=1S/C22H22F4N4O4/c1-12-19(29-21(32)34-9-6-30-4-7-33-8-5-30)18(22(24,25)26)17(27-12)11-15-14-10-13(23)2-3-16(14)28-20(15)31/h2-3,10-11,27H,4-9H2,1H3,(H,28,31)(H,29,32)/b15-11-. The number of aromatic amines is 1. The van der Waals surface area contributed by atoms with E-state index in [0.717, 1.165) is 18.2 Å². The molecule has 3 N–H and O–H groups in total. The van der Waals surface area contributed by atoms with Crippen LogP contribution in [-0.2, 0) is 20.4 Å². The maximum atomic E-state index is 14.0. The lowest BCUT2D eigenvalue weighted by molar-refractivity contribution is -0.137. The van der Waals surface area contributed by atoms with Crippen molar-refractivity contribution in [3.63, 3.8) is 0 Å². The van der Waals surface area contributed by atoms with Gasteiger partial charge in [-0.05, 0) is 31.2 Å². The van der Waals surface area contributed by atoms with E-state index in [2.05, 4.69) is 15.6 Å². The lowest BCUT2D eigenvalue weighted by Crippen LogP contribution is -2.38. The van der Waals surface area contributed by atoms with Crippen LogP contribution in [0, 0.1) is 12.7 Å². The first-order valence-corrected chi connectivity index (χ1v) is 10.5. The van der Waals surface area contributed by atoms with Gasteiger partial charge >= 0.3 is 12.3 Å². The van der Waals surface area contributed by atoms with Crippen LogP contribution in [0.15, 0.2) is 18.2 Å². The van der Waals surface area contributed by atoms with Crippen LogP contribution in [0.4, 0.5) is 33.7 Å². The molecule has 2 aliphatic rings. The number of nitrogens with zero attached hydrogens (tertiary/aromatic N) is 1. The van der Waals surface area contributed by atoms with Crippen LogP contribution in [0.2, 0.25) is 0 Å². The van der Waals surface area contributed by atoms with Gasteiger partial charge in [0.1, 0.15) is 18.0 Å². The molecule has 1 fully saturated rings. The third kappa shape index (κ3) is 5.07. The van der Waals surface area contributed by atoms with E-state index < -0.39 is 40.9 Å². The summed E-state index contributed by atoms with van der Waals surface area (Å²) >= 11 is 0. The monoisotopic (exact) mass is 482 g/mol. The van der Waals surface area contributed by atoms with Gasteiger partial charge in [0.25, 0.3) is 5.91 Å². The number of carbonyl (C=O) groups excluding carboxylic acids is 2. The van der Waals surface area contributed by atoms with Crippen molar-refractivity contribution in [2.45, 2.75) is 13.1 Å². The Hall–Kier alpha value is -3.38. The molecule has 2 aliphatic heterocycles. The van der Waals surface area contributed by atoms with Crippen molar-refractivity contribution in [2.24, 2.45) is 0 Å². The number of carbonyl (C=O) groups is 2. The Kier molecular flexibility index (Phi) is 6.62. The number of H-pyrrole nitrogens is 1. The fraction of sp³-hybridized carbons (Fsp3) is 0.364. The van der Waals surface area contributed by atoms with Crippen LogP contribution in [0.1, 0.15) is 22.5 Å². The van der Waals surface area contributed by atoms with E-state index in [1.807, 2.05) is 4.90 Å². The van der Waals surface area contributed by atoms with Gasteiger partial charge in [0.15, 0.2) is 0 Å². The molecule has 1 aromatic carbocycles. The smallest absolute Gasteiger partial charge is 0.420 e. The van der Waals surface area contributed by atoms with Crippen LogP contribution >= 0.6 is 0 Å². The molecule has 1 saturated heterocycles. The van der Waals surface area contributed by atoms with Crippen molar-refractivity contribution < 1.29 is 36.6 Å². The Morgan fingerprint density at radius 3 is 2.74 bits per heavy atom. The molecule has 34 heavy (non-hydrogen) atoms. The van der Waals surface area contributed by atoms with Crippen molar-refractivity contribution in [2.75, 3.05) is 50.1 Å². The number of benzene rings is 1. The largest absolute Gasteiger partial charge is 0.448 e. The number of fused-ring (bicyclic) bond motifs is 1. The lowest BCUT2D eigenvalue weighted by Gasteiger charge is -2.26. The summed E-state index contributed by atoms with van der Waals surface area (Å²) < 4.78 is 65.9. The van der Waals surface area contributed by atoms with Crippen molar-refractivity contribution >= 4 is 35.0 Å². The Morgan fingerprint density at radius 2 is 2.03 bits per heavy atom. The maximum absolute atomic E-state index is 14.0. The van der Waals surface area contributed by atoms with Crippen molar-refractivity contribution in [3.8, 4) is 0 Å². The van der Waals surface area contributed by atoms with E-state index >= 15 is 0 Å². The van der Waals surface area contributed by atoms with E-state index in [1.54, 1.807) is 0 Å². The zero-order valence-electron chi connectivity index (χ0n) is 18.1. The number of halogens is 4. The van der Waals surface area contributed by atoms with Crippen LogP contribution in [0.5, 0.6) is 0 Å². The molecule has 0 spiro atoms. The summed E-state index contributed by atoms with van der Waals surface area (Å²) in [5.41, 5.74) is -1.81. The second-order valence-electron chi connectivity index (χ2n) is 7.83. The minimum Gasteiger partial charge on any atom is -0.448 e. The topological polar surface area (TPSA) is 95.7 Å². The lowest BCUT2D eigenvalue weighted by atomic mass is 10.0. The van der Waals surface area contributed by atoms with E-state index in [1.165, 1.54) is 13.0 Å². The summed E-state index contributed by atoms with van der Waals surface area (Å²) in [7, 11) is 0. The molecule has 8 nitrogen and oxygen atoms in total. The number of aromatic nitrogens is 1. The van der Waals surface area contributed by atoms with Gasteiger partial charge in [-0.3, -0.25) is 15.0 Å². The third-order valence-corrected chi connectivity index (χ3v) is 5.52. The number of nitrogens with one attached hydrogen (secondary N) is 3. The highest BCUT2D eigenvalue weighted by atomic mass is 19.4. The van der Waals surface area contributed by atoms with Gasteiger partial charge in [-0.2, -0.15) is 13.2 Å². The Labute approximate surface area is 191 Å². The first kappa shape index (κ1) is 23.8. The molecule has 0 saturated carbocycles. The molecule has 0 bridgehead atoms. The third-order valence-electron chi connectivity index (χ3n) is 5.52. The van der Waals surface area contributed by atoms with Gasteiger partial charge < -0.3 is 19.8 Å². The highest BCUT2D eigenvalue weighted by Crippen LogP contribution is 2.42. The molecule has 3 heterocycles. The first-order chi connectivity index (χ1) is 16.1. The minimum absolute atomic E-state index is 0.00389. The van der Waals surface area contributed by atoms with Crippen LogP contribution in [0.3, 0.4) is 0 Å². The van der Waals surface area contributed by atoms with Crippen LogP contribution < -0.4 is 10.6 Å². The number of rotatable bonds is 5. The molecule has 182 valence electrons. The second kappa shape index (κ2) is 9.47. The average Bonchev–Trinajstić information content (AvgIpc) is 3.25. The second-order valence-corrected chi connectivity index (χ2v) is 7.83. The predicted molar refractivity (Wildman–Crippen MR) is 116 cm³/mol. The summed E-state index contributed by atoms with van der Waals surface area (Å²) in [5.74, 6) is -1.31. The molecule has 12 heteroatoms. The van der Waals surface area contributed by atoms with Gasteiger partial charge in [0, 0.05) is 36.6 Å². The van der Waals surface area contributed by atoms with E-state index in [9.17, 15) is 27.2 Å². The van der Waals surface area contributed by atoms with Gasteiger partial charge in [0.05, 0.1) is 30.2 Å². The molecular weight excluding hydrogens is 460 g/mol. The molecule has 2 aromatic rings. The van der Waals surface area contributed by atoms with Crippen molar-refractivity contribution in [3.05, 3.63) is 46.5 Å². The number of aryl methyl sites for hydroxylation is 1. The fourth-order valence-corrected chi connectivity index (χ4v) is 3.89. The van der Waals surface area contributed by atoms with Gasteiger partial charge in [-0.15, -0.1) is 0 Å². The summed E-state index contributed by atoms with van der Waals surface area (Å²) in [4.78, 5) is 29.1. The molecule has 0 atom stereocenters. The highest BCUT2D eigenvalue weighted by molar-refractivity contribution is 6.34. The number of amides is 2. The first-order valence-electron chi connectivity index (χ1n) is 10.5. The van der Waals surface area contributed by atoms with E-state index in [-0.39, 0.29) is 29.1 Å². The number of morpholine rings is 1. The molecule has 0 unspecified atom stereocenters. The molecule has 0 radical (unpaired) electrons. The molecule has 2 amide bonds. The Morgan fingerprint density at radius 1 is 1.29 bits per heavy atom. The van der Waals surface area contributed by atoms with Gasteiger partial charge in [-0.25, -0.2) is 9.18 Å². The summed E-state index contributed by atoms with van der Waals surface area (Å²) in [5, 5.41) is 4.65. The Bertz CT molecular complexity index is 1140. The number of hydrogen-bond acceptors (Lipinski definition) is 5. The molecule has 4 rings (SSSR count). The van der Waals surface area contributed by atoms with Gasteiger partial charge in [0.2, 0.25) is 0 Å². The number of hydrogen-bond donors (Lipinski definition) is 3. The zero-order valence-corrected chi connectivity index (χ0v) is 18.1. The number of ether oxygens (including phenoxy) is 2. The van der Waals surface area contributed by atoms with Crippen LogP contribution in [0.25, 0.3) is 11.6 Å². The summed E-state index contributed by atoms with van der Waals surface area (Å²) in [6.07, 6.45) is -4.91. The minimum atomic E-state index is -4.87. The SMILES string of the molecule is Cc1[nH]c(/C=C2\C(=O)Nc3ccc(F)cc32)c(C(F)(F)F)c1NC(=O)OCCN1CCOCC1. The van der Waals surface area contributed by atoms with E-state index in [0.29, 0.717) is 32.8 Å². The summed E-state index contributed by atoms with van der Waals surface area (Å²) in [6.45, 7) is 4.27. The molecule has 0 aliphatic carbocycles. The molecule has 1 aromatic heterocycles. The molecular formula is C22H22F4N4O4.